The Morgan fingerprint density at radius 2 is 1.57 bits per heavy atom. The lowest BCUT2D eigenvalue weighted by Crippen LogP contribution is -1.86. The molecular weight excluding hydrogens is 302 g/mol. The first-order valence-electron chi connectivity index (χ1n) is 6.38. The van der Waals surface area contributed by atoms with Crippen LogP contribution in [0, 0.1) is 10.1 Å². The second-order valence-corrected chi connectivity index (χ2v) is 6.62. The summed E-state index contributed by atoms with van der Waals surface area (Å²) in [6.07, 6.45) is 0. The number of hydrogen-bond donors (Lipinski definition) is 0. The maximum atomic E-state index is 11.4. The van der Waals surface area contributed by atoms with Crippen molar-refractivity contribution in [3.63, 3.8) is 0 Å². The average Bonchev–Trinajstić information content (AvgIpc) is 3.07. The molecule has 5 heteroatoms. The van der Waals surface area contributed by atoms with E-state index in [4.69, 9.17) is 0 Å². The molecule has 0 N–H and O–H groups in total. The fourth-order valence-electron chi connectivity index (χ4n) is 2.59. The third-order valence-corrected chi connectivity index (χ3v) is 5.58. The molecule has 2 aromatic carbocycles. The number of fused-ring (bicyclic) bond motifs is 2. The van der Waals surface area contributed by atoms with Crippen molar-refractivity contribution in [2.45, 2.75) is 0 Å². The zero-order chi connectivity index (χ0) is 14.4. The van der Waals surface area contributed by atoms with Crippen molar-refractivity contribution in [1.29, 1.82) is 0 Å². The summed E-state index contributed by atoms with van der Waals surface area (Å²) < 4.78 is 2.10. The summed E-state index contributed by atoms with van der Waals surface area (Å²) >= 11 is 2.87. The van der Waals surface area contributed by atoms with Crippen LogP contribution < -0.4 is 0 Å². The van der Waals surface area contributed by atoms with Crippen molar-refractivity contribution in [3.8, 4) is 11.1 Å². The summed E-state index contributed by atoms with van der Waals surface area (Å²) in [5.41, 5.74) is 1.71. The van der Waals surface area contributed by atoms with E-state index in [2.05, 4.69) is 0 Å². The van der Waals surface area contributed by atoms with Crippen molar-refractivity contribution in [2.75, 3.05) is 0 Å². The Morgan fingerprint density at radius 3 is 2.33 bits per heavy atom. The SMILES string of the molecule is O=[N+]([O-])c1sc2ccccc2c1-c1csc2ccccc12. The molecule has 0 bridgehead atoms. The Labute approximate surface area is 128 Å². The quantitative estimate of drug-likeness (QED) is 0.352. The van der Waals surface area contributed by atoms with Gasteiger partial charge in [-0.15, -0.1) is 11.3 Å². The van der Waals surface area contributed by atoms with Crippen LogP contribution in [0.25, 0.3) is 31.3 Å². The first kappa shape index (κ1) is 12.5. The van der Waals surface area contributed by atoms with Gasteiger partial charge in [0, 0.05) is 31.1 Å². The summed E-state index contributed by atoms with van der Waals surface area (Å²) in [5, 5.41) is 15.7. The molecule has 0 saturated carbocycles. The molecule has 0 fully saturated rings. The monoisotopic (exact) mass is 311 g/mol. The number of nitrogens with zero attached hydrogens (tertiary/aromatic N) is 1. The molecule has 4 aromatic rings. The molecule has 102 valence electrons. The molecule has 0 amide bonds. The summed E-state index contributed by atoms with van der Waals surface area (Å²) in [5.74, 6) is 0. The predicted octanol–water partition coefficient (Wildman–Crippen LogP) is 5.69. The molecule has 2 heterocycles. The molecule has 0 radical (unpaired) electrons. The van der Waals surface area contributed by atoms with Crippen LogP contribution in [-0.2, 0) is 0 Å². The Bertz CT molecular complexity index is 984. The van der Waals surface area contributed by atoms with Gasteiger partial charge in [-0.2, -0.15) is 0 Å². The Hall–Kier alpha value is -2.24. The van der Waals surface area contributed by atoms with E-state index in [1.807, 2.05) is 53.9 Å². The lowest BCUT2D eigenvalue weighted by Gasteiger charge is -1.98. The maximum Gasteiger partial charge on any atom is 0.333 e. The highest BCUT2D eigenvalue weighted by Crippen LogP contribution is 2.47. The van der Waals surface area contributed by atoms with Crippen LogP contribution in [-0.4, -0.2) is 4.92 Å². The molecule has 21 heavy (non-hydrogen) atoms. The molecule has 0 aliphatic carbocycles. The van der Waals surface area contributed by atoms with Crippen molar-refractivity contribution < 1.29 is 4.92 Å². The molecule has 0 atom stereocenters. The van der Waals surface area contributed by atoms with Crippen molar-refractivity contribution in [1.82, 2.24) is 0 Å². The van der Waals surface area contributed by atoms with Gasteiger partial charge in [0.15, 0.2) is 0 Å². The van der Waals surface area contributed by atoms with E-state index in [1.165, 1.54) is 11.3 Å². The lowest BCUT2D eigenvalue weighted by atomic mass is 10.0. The molecule has 4 rings (SSSR count). The number of thiophene rings is 2. The Kier molecular flexibility index (Phi) is 2.77. The largest absolute Gasteiger partial charge is 0.333 e. The minimum Gasteiger partial charge on any atom is -0.258 e. The maximum absolute atomic E-state index is 11.4. The highest BCUT2D eigenvalue weighted by molar-refractivity contribution is 7.23. The molecule has 2 aromatic heterocycles. The van der Waals surface area contributed by atoms with Gasteiger partial charge in [-0.1, -0.05) is 47.7 Å². The van der Waals surface area contributed by atoms with E-state index in [0.29, 0.717) is 0 Å². The van der Waals surface area contributed by atoms with Crippen LogP contribution in [0.15, 0.2) is 53.9 Å². The van der Waals surface area contributed by atoms with Gasteiger partial charge in [0.1, 0.15) is 0 Å². The van der Waals surface area contributed by atoms with Crippen LogP contribution in [0.2, 0.25) is 0 Å². The van der Waals surface area contributed by atoms with Crippen molar-refractivity contribution in [3.05, 3.63) is 64.0 Å². The fraction of sp³-hybridized carbons (Fsp3) is 0. The molecule has 0 spiro atoms. The third kappa shape index (κ3) is 1.86. The molecule has 0 saturated heterocycles. The smallest absolute Gasteiger partial charge is 0.258 e. The topological polar surface area (TPSA) is 43.1 Å². The highest BCUT2D eigenvalue weighted by atomic mass is 32.1. The second-order valence-electron chi connectivity index (χ2n) is 4.68. The molecule has 3 nitrogen and oxygen atoms in total. The van der Waals surface area contributed by atoms with E-state index in [1.54, 1.807) is 11.3 Å². The van der Waals surface area contributed by atoms with Gasteiger partial charge in [0.2, 0.25) is 0 Å². The van der Waals surface area contributed by atoms with Crippen LogP contribution >= 0.6 is 22.7 Å². The third-order valence-electron chi connectivity index (χ3n) is 3.49. The summed E-state index contributed by atoms with van der Waals surface area (Å²) in [4.78, 5) is 11.2. The van der Waals surface area contributed by atoms with Crippen molar-refractivity contribution in [2.24, 2.45) is 0 Å². The van der Waals surface area contributed by atoms with Crippen molar-refractivity contribution >= 4 is 47.8 Å². The minimum absolute atomic E-state index is 0.222. The first-order chi connectivity index (χ1) is 10.3. The van der Waals surface area contributed by atoms with E-state index < -0.39 is 0 Å². The predicted molar refractivity (Wildman–Crippen MR) is 89.3 cm³/mol. The lowest BCUT2D eigenvalue weighted by molar-refractivity contribution is -0.379. The zero-order valence-electron chi connectivity index (χ0n) is 10.8. The van der Waals surface area contributed by atoms with E-state index in [-0.39, 0.29) is 9.92 Å². The average molecular weight is 311 g/mol. The fourth-order valence-corrected chi connectivity index (χ4v) is 4.58. The van der Waals surface area contributed by atoms with Gasteiger partial charge >= 0.3 is 5.00 Å². The normalized spacial score (nSPS) is 11.2. The summed E-state index contributed by atoms with van der Waals surface area (Å²) in [6, 6.07) is 15.8. The molecule has 0 aliphatic heterocycles. The second kappa shape index (κ2) is 4.65. The van der Waals surface area contributed by atoms with Gasteiger partial charge in [-0.25, -0.2) is 0 Å². The number of nitro groups is 1. The summed E-state index contributed by atoms with van der Waals surface area (Å²) in [6.45, 7) is 0. The van der Waals surface area contributed by atoms with Crippen LogP contribution in [0.1, 0.15) is 0 Å². The Balaban J connectivity index is 2.14. The van der Waals surface area contributed by atoms with Gasteiger partial charge in [0.05, 0.1) is 10.5 Å². The highest BCUT2D eigenvalue weighted by Gasteiger charge is 2.24. The van der Waals surface area contributed by atoms with E-state index in [9.17, 15) is 10.1 Å². The first-order valence-corrected chi connectivity index (χ1v) is 8.08. The molecule has 0 aliphatic rings. The zero-order valence-corrected chi connectivity index (χ0v) is 12.4. The van der Waals surface area contributed by atoms with Gasteiger partial charge in [-0.05, 0) is 12.1 Å². The Morgan fingerprint density at radius 1 is 0.905 bits per heavy atom. The number of benzene rings is 2. The number of rotatable bonds is 2. The van der Waals surface area contributed by atoms with Crippen LogP contribution in [0.4, 0.5) is 5.00 Å². The minimum atomic E-state index is -0.271. The van der Waals surface area contributed by atoms with Crippen LogP contribution in [0.3, 0.4) is 0 Å². The van der Waals surface area contributed by atoms with Gasteiger partial charge in [-0.3, -0.25) is 10.1 Å². The molecular formula is C16H9NO2S2. The standard InChI is InChI=1S/C16H9NO2S2/c18-17(19)16-15(11-6-2-4-8-14(11)21-16)12-9-20-13-7-3-1-5-10(12)13/h1-9H. The number of hydrogen-bond acceptors (Lipinski definition) is 4. The van der Waals surface area contributed by atoms with E-state index >= 15 is 0 Å². The van der Waals surface area contributed by atoms with E-state index in [0.717, 1.165) is 31.3 Å². The summed E-state index contributed by atoms with van der Waals surface area (Å²) in [7, 11) is 0. The van der Waals surface area contributed by atoms with Gasteiger partial charge < -0.3 is 0 Å². The van der Waals surface area contributed by atoms with Crippen LogP contribution in [0.5, 0.6) is 0 Å². The van der Waals surface area contributed by atoms with Gasteiger partial charge in [0.25, 0.3) is 0 Å². The molecule has 0 unspecified atom stereocenters.